The molecule has 0 atom stereocenters. The Labute approximate surface area is 217 Å². The molecule has 1 N–H and O–H groups in total. The van der Waals surface area contributed by atoms with Crippen LogP contribution in [0.4, 0.5) is 4.39 Å². The number of ether oxygens (including phenoxy) is 2. The highest BCUT2D eigenvalue weighted by Crippen LogP contribution is 2.29. The number of aryl methyl sites for hydroxylation is 2. The van der Waals surface area contributed by atoms with Crippen molar-refractivity contribution in [2.24, 2.45) is 0 Å². The summed E-state index contributed by atoms with van der Waals surface area (Å²) < 4.78 is 24.7. The summed E-state index contributed by atoms with van der Waals surface area (Å²) in [6.07, 6.45) is 1.67. The van der Waals surface area contributed by atoms with Crippen molar-refractivity contribution in [1.29, 1.82) is 0 Å². The fourth-order valence-corrected chi connectivity index (χ4v) is 4.43. The van der Waals surface area contributed by atoms with Crippen LogP contribution >= 0.6 is 0 Å². The largest absolute Gasteiger partial charge is 0.481 e. The summed E-state index contributed by atoms with van der Waals surface area (Å²) in [7, 11) is 1.54. The molecule has 0 amide bonds. The number of ketones is 1. The standard InChI is InChI=1S/C30H24FN3O4/c1-17-27(20-6-8-21(31)9-7-20)30(36)28(18(2)33-17)24(35)16-19-4-10-22(11-5-19)38-25-14-15-32-23-12-13-26(37-3)34-29(23)25/h4-15H,16H2,1-3H3,(H,33,36). The monoisotopic (exact) mass is 509 g/mol. The molecular formula is C30H24FN3O4. The summed E-state index contributed by atoms with van der Waals surface area (Å²) in [5.74, 6) is 0.825. The topological polar surface area (TPSA) is 94.2 Å². The van der Waals surface area contributed by atoms with Crippen molar-refractivity contribution < 1.29 is 18.7 Å². The Morgan fingerprint density at radius 2 is 1.68 bits per heavy atom. The molecule has 7 nitrogen and oxygen atoms in total. The SMILES string of the molecule is COc1ccc2nccc(Oc3ccc(CC(=O)c4c(C)[nH]c(C)c(-c5ccc(F)cc5)c4=O)cc3)c2n1. The molecule has 0 spiro atoms. The lowest BCUT2D eigenvalue weighted by molar-refractivity contribution is 0.0991. The first-order valence-corrected chi connectivity index (χ1v) is 11.9. The van der Waals surface area contributed by atoms with Crippen molar-refractivity contribution in [2.75, 3.05) is 7.11 Å². The summed E-state index contributed by atoms with van der Waals surface area (Å²) in [5.41, 5.74) is 3.71. The number of nitrogens with zero attached hydrogens (tertiary/aromatic N) is 2. The Morgan fingerprint density at radius 3 is 2.39 bits per heavy atom. The highest BCUT2D eigenvalue weighted by atomic mass is 19.1. The van der Waals surface area contributed by atoms with Crippen LogP contribution in [0.5, 0.6) is 17.4 Å². The first kappa shape index (κ1) is 24.8. The summed E-state index contributed by atoms with van der Waals surface area (Å²) in [6, 6.07) is 18.0. The number of methoxy groups -OCH3 is 1. The van der Waals surface area contributed by atoms with Crippen LogP contribution in [-0.2, 0) is 6.42 Å². The van der Waals surface area contributed by atoms with Gasteiger partial charge in [0.2, 0.25) is 11.3 Å². The van der Waals surface area contributed by atoms with Crippen LogP contribution in [0.25, 0.3) is 22.2 Å². The van der Waals surface area contributed by atoms with Gasteiger partial charge in [-0.3, -0.25) is 14.6 Å². The molecule has 0 fully saturated rings. The number of carbonyl (C=O) groups excluding carboxylic acids is 1. The van der Waals surface area contributed by atoms with Crippen molar-refractivity contribution in [2.45, 2.75) is 20.3 Å². The predicted molar refractivity (Wildman–Crippen MR) is 143 cm³/mol. The summed E-state index contributed by atoms with van der Waals surface area (Å²) in [4.78, 5) is 38.5. The number of rotatable bonds is 7. The predicted octanol–water partition coefficient (Wildman–Crippen LogP) is 5.97. The minimum atomic E-state index is -0.397. The average molecular weight is 510 g/mol. The molecule has 38 heavy (non-hydrogen) atoms. The van der Waals surface area contributed by atoms with Crippen molar-refractivity contribution in [3.63, 3.8) is 0 Å². The number of Topliss-reactive ketones (excluding diaryl/α,β-unsaturated/α-hetero) is 1. The van der Waals surface area contributed by atoms with Crippen LogP contribution in [0.15, 0.2) is 77.7 Å². The second-order valence-electron chi connectivity index (χ2n) is 8.84. The number of pyridine rings is 3. The molecule has 8 heteroatoms. The number of H-pyrrole nitrogens is 1. The van der Waals surface area contributed by atoms with Crippen LogP contribution < -0.4 is 14.9 Å². The van der Waals surface area contributed by atoms with E-state index >= 15 is 0 Å². The van der Waals surface area contributed by atoms with E-state index in [0.29, 0.717) is 50.9 Å². The minimum absolute atomic E-state index is 0.0348. The number of hydrogen-bond donors (Lipinski definition) is 1. The maximum atomic E-state index is 13.4. The molecule has 3 aromatic heterocycles. The Balaban J connectivity index is 1.38. The van der Waals surface area contributed by atoms with E-state index in [1.807, 2.05) is 0 Å². The van der Waals surface area contributed by atoms with Crippen LogP contribution in [0, 0.1) is 19.7 Å². The molecule has 0 saturated carbocycles. The van der Waals surface area contributed by atoms with E-state index in [-0.39, 0.29) is 23.2 Å². The van der Waals surface area contributed by atoms with Gasteiger partial charge in [-0.2, -0.15) is 0 Å². The number of carbonyl (C=O) groups is 1. The number of benzene rings is 2. The molecule has 0 aliphatic carbocycles. The quantitative estimate of drug-likeness (QED) is 0.272. The summed E-state index contributed by atoms with van der Waals surface area (Å²) >= 11 is 0. The molecule has 5 rings (SSSR count). The van der Waals surface area contributed by atoms with E-state index in [9.17, 15) is 14.0 Å². The van der Waals surface area contributed by atoms with Gasteiger partial charge in [0.1, 0.15) is 17.1 Å². The molecule has 190 valence electrons. The van der Waals surface area contributed by atoms with Gasteiger partial charge >= 0.3 is 0 Å². The highest BCUT2D eigenvalue weighted by Gasteiger charge is 2.20. The van der Waals surface area contributed by atoms with Gasteiger partial charge in [0.15, 0.2) is 11.5 Å². The maximum Gasteiger partial charge on any atom is 0.213 e. The van der Waals surface area contributed by atoms with E-state index in [2.05, 4.69) is 15.0 Å². The number of aromatic amines is 1. The molecule has 2 aromatic carbocycles. The van der Waals surface area contributed by atoms with Crippen molar-refractivity contribution in [3.05, 3.63) is 111 Å². The normalized spacial score (nSPS) is 10.9. The van der Waals surface area contributed by atoms with Gasteiger partial charge in [0.25, 0.3) is 0 Å². The molecule has 0 aliphatic heterocycles. The van der Waals surface area contributed by atoms with Crippen LogP contribution in [0.2, 0.25) is 0 Å². The number of fused-ring (bicyclic) bond motifs is 1. The van der Waals surface area contributed by atoms with Crippen LogP contribution in [-0.4, -0.2) is 27.8 Å². The number of nitrogens with one attached hydrogen (secondary N) is 1. The molecule has 0 saturated heterocycles. The van der Waals surface area contributed by atoms with Gasteiger partial charge in [-0.05, 0) is 55.3 Å². The van der Waals surface area contributed by atoms with Crippen molar-refractivity contribution >= 4 is 16.8 Å². The first-order valence-electron chi connectivity index (χ1n) is 11.9. The van der Waals surface area contributed by atoms with Crippen LogP contribution in [0.3, 0.4) is 0 Å². The minimum Gasteiger partial charge on any atom is -0.481 e. The van der Waals surface area contributed by atoms with Crippen LogP contribution in [0.1, 0.15) is 27.3 Å². The van der Waals surface area contributed by atoms with Gasteiger partial charge in [-0.1, -0.05) is 24.3 Å². The van der Waals surface area contributed by atoms with E-state index in [0.717, 1.165) is 5.56 Å². The highest BCUT2D eigenvalue weighted by molar-refractivity contribution is 5.99. The zero-order chi connectivity index (χ0) is 26.8. The fraction of sp³-hybridized carbons (Fsp3) is 0.133. The smallest absolute Gasteiger partial charge is 0.213 e. The second-order valence-corrected chi connectivity index (χ2v) is 8.84. The van der Waals surface area contributed by atoms with Gasteiger partial charge in [-0.25, -0.2) is 9.37 Å². The number of aromatic nitrogens is 3. The van der Waals surface area contributed by atoms with Crippen molar-refractivity contribution in [3.8, 4) is 28.5 Å². The van der Waals surface area contributed by atoms with Gasteiger partial charge in [-0.15, -0.1) is 0 Å². The van der Waals surface area contributed by atoms with E-state index in [1.165, 1.54) is 24.3 Å². The van der Waals surface area contributed by atoms with Gasteiger partial charge in [0, 0.05) is 41.7 Å². The first-order chi connectivity index (χ1) is 18.3. The van der Waals surface area contributed by atoms with E-state index in [4.69, 9.17) is 9.47 Å². The third kappa shape index (κ3) is 4.88. The third-order valence-electron chi connectivity index (χ3n) is 6.24. The maximum absolute atomic E-state index is 13.4. The number of halogens is 1. The summed E-state index contributed by atoms with van der Waals surface area (Å²) in [5, 5.41) is 0. The van der Waals surface area contributed by atoms with Crippen molar-refractivity contribution in [1.82, 2.24) is 15.0 Å². The summed E-state index contributed by atoms with van der Waals surface area (Å²) in [6.45, 7) is 3.47. The molecule has 5 aromatic rings. The van der Waals surface area contributed by atoms with Gasteiger partial charge in [0.05, 0.1) is 18.2 Å². The molecular weight excluding hydrogens is 485 g/mol. The lowest BCUT2D eigenvalue weighted by atomic mass is 9.96. The Kier molecular flexibility index (Phi) is 6.70. The Morgan fingerprint density at radius 1 is 0.947 bits per heavy atom. The van der Waals surface area contributed by atoms with E-state index < -0.39 is 5.82 Å². The van der Waals surface area contributed by atoms with Gasteiger partial charge < -0.3 is 14.5 Å². The zero-order valence-corrected chi connectivity index (χ0v) is 21.0. The molecule has 0 radical (unpaired) electrons. The molecule has 0 unspecified atom stereocenters. The van der Waals surface area contributed by atoms with E-state index in [1.54, 1.807) is 69.6 Å². The Bertz CT molecular complexity index is 1710. The second kappa shape index (κ2) is 10.3. The lowest BCUT2D eigenvalue weighted by Crippen LogP contribution is -2.22. The zero-order valence-electron chi connectivity index (χ0n) is 21.0. The molecule has 3 heterocycles. The fourth-order valence-electron chi connectivity index (χ4n) is 4.43. The Hall–Kier alpha value is -4.85. The molecule has 0 bridgehead atoms. The lowest BCUT2D eigenvalue weighted by Gasteiger charge is -2.12. The molecule has 0 aliphatic rings. The third-order valence-corrected chi connectivity index (χ3v) is 6.24. The average Bonchev–Trinajstić information content (AvgIpc) is 2.90. The number of hydrogen-bond acceptors (Lipinski definition) is 6.